The van der Waals surface area contributed by atoms with Gasteiger partial charge in [-0.3, -0.25) is 9.79 Å². The van der Waals surface area contributed by atoms with Crippen molar-refractivity contribution in [3.63, 3.8) is 0 Å². The van der Waals surface area contributed by atoms with Crippen LogP contribution in [0.25, 0.3) is 0 Å². The van der Waals surface area contributed by atoms with E-state index in [0.717, 1.165) is 0 Å². The van der Waals surface area contributed by atoms with Crippen molar-refractivity contribution in [3.8, 4) is 0 Å². The average molecular weight is 174 g/mol. The maximum Gasteiger partial charge on any atom is 0.185 e. The Balaban J connectivity index is 0. The van der Waals surface area contributed by atoms with E-state index in [1.54, 1.807) is 0 Å². The van der Waals surface area contributed by atoms with E-state index >= 15 is 0 Å². The molecule has 0 amide bonds. The summed E-state index contributed by atoms with van der Waals surface area (Å²) in [7, 11) is 0. The van der Waals surface area contributed by atoms with E-state index in [2.05, 4.69) is 4.99 Å². The average Bonchev–Trinajstić information content (AvgIpc) is 2.03. The van der Waals surface area contributed by atoms with Gasteiger partial charge in [0, 0.05) is 0 Å². The van der Waals surface area contributed by atoms with Gasteiger partial charge in [0.2, 0.25) is 0 Å². The van der Waals surface area contributed by atoms with Crippen molar-refractivity contribution < 1.29 is 4.79 Å². The van der Waals surface area contributed by atoms with Crippen LogP contribution in [0.15, 0.2) is 4.99 Å². The molecular formula is C7H18N4O. The first-order valence-corrected chi connectivity index (χ1v) is 3.85. The summed E-state index contributed by atoms with van der Waals surface area (Å²) >= 11 is 0. The first-order valence-electron chi connectivity index (χ1n) is 3.85. The van der Waals surface area contributed by atoms with Crippen LogP contribution in [0.2, 0.25) is 0 Å². The van der Waals surface area contributed by atoms with Crippen molar-refractivity contribution in [2.45, 2.75) is 26.8 Å². The lowest BCUT2D eigenvalue weighted by Crippen LogP contribution is -2.33. The van der Waals surface area contributed by atoms with Gasteiger partial charge in [0.15, 0.2) is 5.96 Å². The van der Waals surface area contributed by atoms with Crippen molar-refractivity contribution in [2.24, 2.45) is 22.2 Å². The van der Waals surface area contributed by atoms with Gasteiger partial charge in [-0.15, -0.1) is 0 Å². The minimum Gasteiger partial charge on any atom is -0.370 e. The van der Waals surface area contributed by atoms with Gasteiger partial charge < -0.3 is 17.2 Å². The van der Waals surface area contributed by atoms with Crippen LogP contribution < -0.4 is 17.2 Å². The number of ketones is 1. The fraction of sp³-hybridized carbons (Fsp3) is 0.714. The summed E-state index contributed by atoms with van der Waals surface area (Å²) in [5, 5.41) is 0. The molecule has 0 aliphatic heterocycles. The Bertz CT molecular complexity index is 151. The zero-order valence-corrected chi connectivity index (χ0v) is 7.87. The van der Waals surface area contributed by atoms with Crippen molar-refractivity contribution in [3.05, 3.63) is 0 Å². The lowest BCUT2D eigenvalue weighted by atomic mass is 10.2. The van der Waals surface area contributed by atoms with Gasteiger partial charge in [-0.25, -0.2) is 0 Å². The number of aliphatic imine (C=N–C) groups is 1. The summed E-state index contributed by atoms with van der Waals surface area (Å²) in [6.07, 6.45) is 0. The largest absolute Gasteiger partial charge is 0.370 e. The molecule has 12 heavy (non-hydrogen) atoms. The number of hydrogen-bond acceptors (Lipinski definition) is 3. The summed E-state index contributed by atoms with van der Waals surface area (Å²) in [5.41, 5.74) is 15.3. The molecule has 1 atom stereocenters. The minimum absolute atomic E-state index is 0.0447. The highest BCUT2D eigenvalue weighted by Crippen LogP contribution is 1.80. The number of carbonyl (C=O) groups excluding carboxylic acids is 1. The van der Waals surface area contributed by atoms with Crippen LogP contribution in [0.5, 0.6) is 0 Å². The minimum atomic E-state index is -0.581. The van der Waals surface area contributed by atoms with Crippen LogP contribution in [0.4, 0.5) is 0 Å². The monoisotopic (exact) mass is 174 g/mol. The predicted octanol–water partition coefficient (Wildman–Crippen LogP) is -0.798. The number of rotatable bonds is 3. The molecule has 5 nitrogen and oxygen atoms in total. The summed E-state index contributed by atoms with van der Waals surface area (Å²) in [6, 6.07) is -0.581. The SMILES string of the molecule is CC.CC(=O)[C@H](N)CN=C(N)N. The molecule has 0 saturated heterocycles. The van der Waals surface area contributed by atoms with E-state index in [1.807, 2.05) is 13.8 Å². The van der Waals surface area contributed by atoms with E-state index in [4.69, 9.17) is 17.2 Å². The number of hydrogen-bond donors (Lipinski definition) is 3. The van der Waals surface area contributed by atoms with E-state index in [9.17, 15) is 4.79 Å². The van der Waals surface area contributed by atoms with Crippen LogP contribution in [0.1, 0.15) is 20.8 Å². The van der Waals surface area contributed by atoms with Gasteiger partial charge in [-0.1, -0.05) is 13.8 Å². The van der Waals surface area contributed by atoms with Crippen LogP contribution in [-0.4, -0.2) is 24.3 Å². The normalized spacial score (nSPS) is 10.7. The van der Waals surface area contributed by atoms with Crippen LogP contribution in [0.3, 0.4) is 0 Å². The molecular weight excluding hydrogens is 156 g/mol. The number of nitrogens with zero attached hydrogens (tertiary/aromatic N) is 1. The fourth-order valence-corrected chi connectivity index (χ4v) is 0.332. The topological polar surface area (TPSA) is 107 Å². The third kappa shape index (κ3) is 8.90. The van der Waals surface area contributed by atoms with Crippen molar-refractivity contribution in [1.82, 2.24) is 0 Å². The lowest BCUT2D eigenvalue weighted by molar-refractivity contribution is -0.117. The number of guanidine groups is 1. The Hall–Kier alpha value is -1.10. The molecule has 0 radical (unpaired) electrons. The highest BCUT2D eigenvalue weighted by molar-refractivity contribution is 5.82. The molecule has 0 aliphatic carbocycles. The van der Waals surface area contributed by atoms with Crippen molar-refractivity contribution in [2.75, 3.05) is 6.54 Å². The zero-order chi connectivity index (χ0) is 10.1. The third-order valence-electron chi connectivity index (χ3n) is 0.993. The Kier molecular flexibility index (Phi) is 8.99. The Morgan fingerprint density at radius 3 is 2.08 bits per heavy atom. The van der Waals surface area contributed by atoms with Gasteiger partial charge in [0.1, 0.15) is 5.78 Å². The number of Topliss-reactive ketones (excluding diaryl/α,β-unsaturated/α-hetero) is 1. The molecule has 0 aromatic rings. The second kappa shape index (κ2) is 8.00. The van der Waals surface area contributed by atoms with Gasteiger partial charge >= 0.3 is 0 Å². The highest BCUT2D eigenvalue weighted by atomic mass is 16.1. The van der Waals surface area contributed by atoms with Gasteiger partial charge in [0.25, 0.3) is 0 Å². The standard InChI is InChI=1S/C5H12N4O.C2H6/c1-3(10)4(6)2-9-5(7)8;1-2/h4H,2,6H2,1H3,(H4,7,8,9);1-2H3/t4-;/m1./s1. The first-order chi connectivity index (χ1) is 5.54. The molecule has 6 N–H and O–H groups in total. The van der Waals surface area contributed by atoms with Gasteiger partial charge in [-0.2, -0.15) is 0 Å². The number of carbonyl (C=O) groups is 1. The maximum absolute atomic E-state index is 10.5. The first kappa shape index (κ1) is 13.5. The molecule has 0 fully saturated rings. The third-order valence-corrected chi connectivity index (χ3v) is 0.993. The molecule has 0 heterocycles. The highest BCUT2D eigenvalue weighted by Gasteiger charge is 2.05. The molecule has 72 valence electrons. The maximum atomic E-state index is 10.5. The lowest BCUT2D eigenvalue weighted by Gasteiger charge is -2.01. The molecule has 0 aromatic carbocycles. The molecule has 0 aliphatic rings. The smallest absolute Gasteiger partial charge is 0.185 e. The summed E-state index contributed by atoms with van der Waals surface area (Å²) in [6.45, 7) is 5.56. The Labute approximate surface area is 73.0 Å². The molecule has 5 heteroatoms. The zero-order valence-electron chi connectivity index (χ0n) is 7.87. The number of nitrogens with two attached hydrogens (primary N) is 3. The second-order valence-corrected chi connectivity index (χ2v) is 1.98. The second-order valence-electron chi connectivity index (χ2n) is 1.98. The van der Waals surface area contributed by atoms with Gasteiger partial charge in [0.05, 0.1) is 12.6 Å². The fourth-order valence-electron chi connectivity index (χ4n) is 0.332. The van der Waals surface area contributed by atoms with Crippen molar-refractivity contribution in [1.29, 1.82) is 0 Å². The Morgan fingerprint density at radius 1 is 1.42 bits per heavy atom. The quantitative estimate of drug-likeness (QED) is 0.384. The van der Waals surface area contributed by atoms with Crippen molar-refractivity contribution >= 4 is 11.7 Å². The summed E-state index contributed by atoms with van der Waals surface area (Å²) < 4.78 is 0. The Morgan fingerprint density at radius 2 is 1.83 bits per heavy atom. The van der Waals surface area contributed by atoms with Crippen LogP contribution >= 0.6 is 0 Å². The summed E-state index contributed by atoms with van der Waals surface area (Å²) in [5.74, 6) is -0.165. The van der Waals surface area contributed by atoms with E-state index in [1.165, 1.54) is 6.92 Å². The van der Waals surface area contributed by atoms with E-state index in [0.29, 0.717) is 0 Å². The van der Waals surface area contributed by atoms with E-state index in [-0.39, 0.29) is 18.3 Å². The van der Waals surface area contributed by atoms with Crippen LogP contribution in [-0.2, 0) is 4.79 Å². The van der Waals surface area contributed by atoms with E-state index < -0.39 is 6.04 Å². The molecule has 0 rings (SSSR count). The molecule has 0 unspecified atom stereocenters. The summed E-state index contributed by atoms with van der Waals surface area (Å²) in [4.78, 5) is 14.1. The predicted molar refractivity (Wildman–Crippen MR) is 50.7 cm³/mol. The van der Waals surface area contributed by atoms with Gasteiger partial charge in [-0.05, 0) is 6.92 Å². The molecule has 0 saturated carbocycles. The molecule has 0 spiro atoms. The van der Waals surface area contributed by atoms with Crippen LogP contribution in [0, 0.1) is 0 Å². The molecule has 0 aromatic heterocycles. The molecule has 0 bridgehead atoms.